The van der Waals surface area contributed by atoms with Crippen molar-refractivity contribution in [2.75, 3.05) is 0 Å². The van der Waals surface area contributed by atoms with E-state index in [2.05, 4.69) is 9.98 Å². The lowest BCUT2D eigenvalue weighted by Crippen LogP contribution is -2.24. The highest BCUT2D eigenvalue weighted by Crippen LogP contribution is 2.27. The number of para-hydroxylation sites is 1. The van der Waals surface area contributed by atoms with E-state index in [0.29, 0.717) is 5.02 Å². The summed E-state index contributed by atoms with van der Waals surface area (Å²) in [6.07, 6.45) is 0. The molecule has 0 saturated heterocycles. The molecule has 5 nitrogen and oxygen atoms in total. The van der Waals surface area contributed by atoms with Crippen molar-refractivity contribution in [2.24, 2.45) is 16.5 Å². The number of hydrogen-bond donors (Lipinski definition) is 3. The number of nitrogens with zero attached hydrogens (tertiary/aromatic N) is 1. The van der Waals surface area contributed by atoms with E-state index in [1.54, 1.807) is 6.07 Å². The molecule has 1 heterocycles. The van der Waals surface area contributed by atoms with Crippen molar-refractivity contribution in [3.05, 3.63) is 35.0 Å². The average Bonchev–Trinajstić information content (AvgIpc) is 2.56. The summed E-state index contributed by atoms with van der Waals surface area (Å²) in [7, 11) is 0. The van der Waals surface area contributed by atoms with Gasteiger partial charge in [-0.3, -0.25) is 4.79 Å². The van der Waals surface area contributed by atoms with E-state index < -0.39 is 5.91 Å². The minimum atomic E-state index is -0.582. The average molecular weight is 237 g/mol. The maximum Gasteiger partial charge on any atom is 0.298 e. The van der Waals surface area contributed by atoms with Crippen LogP contribution in [0.3, 0.4) is 0 Å². The van der Waals surface area contributed by atoms with Crippen molar-refractivity contribution >= 4 is 34.4 Å². The molecule has 16 heavy (non-hydrogen) atoms. The highest BCUT2D eigenvalue weighted by molar-refractivity contribution is 6.38. The predicted octanol–water partition coefficient (Wildman–Crippen LogP) is 1.23. The summed E-state index contributed by atoms with van der Waals surface area (Å²) in [5.74, 6) is -0.874. The topological polar surface area (TPSA) is 97.3 Å². The Bertz CT molecular complexity index is 584. The van der Waals surface area contributed by atoms with Gasteiger partial charge in [0.15, 0.2) is 5.96 Å². The molecule has 1 amide bonds. The number of aromatic nitrogens is 1. The second-order valence-corrected chi connectivity index (χ2v) is 3.58. The van der Waals surface area contributed by atoms with Crippen molar-refractivity contribution in [1.82, 2.24) is 4.98 Å². The fraction of sp³-hybridized carbons (Fsp3) is 0. The van der Waals surface area contributed by atoms with Gasteiger partial charge in [-0.05, 0) is 6.07 Å². The van der Waals surface area contributed by atoms with Crippen LogP contribution in [0.15, 0.2) is 29.3 Å². The van der Waals surface area contributed by atoms with E-state index in [0.717, 1.165) is 10.9 Å². The van der Waals surface area contributed by atoms with Gasteiger partial charge in [0, 0.05) is 10.9 Å². The fourth-order valence-electron chi connectivity index (χ4n) is 1.43. The molecule has 0 atom stereocenters. The summed E-state index contributed by atoms with van der Waals surface area (Å²) < 4.78 is 0. The lowest BCUT2D eigenvalue weighted by atomic mass is 10.2. The maximum absolute atomic E-state index is 11.6. The summed E-state index contributed by atoms with van der Waals surface area (Å²) in [4.78, 5) is 17.9. The number of benzene rings is 1. The monoisotopic (exact) mass is 236 g/mol. The van der Waals surface area contributed by atoms with Crippen LogP contribution in [0, 0.1) is 0 Å². The van der Waals surface area contributed by atoms with Gasteiger partial charge in [0.05, 0.1) is 5.02 Å². The van der Waals surface area contributed by atoms with Crippen molar-refractivity contribution < 1.29 is 4.79 Å². The number of fused-ring (bicyclic) bond motifs is 1. The number of carbonyl (C=O) groups excluding carboxylic acids is 1. The molecule has 0 spiro atoms. The summed E-state index contributed by atoms with van der Waals surface area (Å²) in [5, 5.41) is 1.09. The third kappa shape index (κ3) is 1.72. The fourth-order valence-corrected chi connectivity index (χ4v) is 1.72. The Balaban J connectivity index is 2.58. The Kier molecular flexibility index (Phi) is 2.54. The van der Waals surface area contributed by atoms with Gasteiger partial charge in [-0.15, -0.1) is 0 Å². The van der Waals surface area contributed by atoms with E-state index in [9.17, 15) is 4.79 Å². The summed E-state index contributed by atoms with van der Waals surface area (Å²) in [5.41, 5.74) is 11.2. The summed E-state index contributed by atoms with van der Waals surface area (Å²) in [6, 6.07) is 7.29. The molecule has 0 unspecified atom stereocenters. The quantitative estimate of drug-likeness (QED) is 0.513. The highest BCUT2D eigenvalue weighted by Gasteiger charge is 2.15. The normalized spacial score (nSPS) is 10.3. The minimum absolute atomic E-state index is 0.191. The molecule has 1 aromatic heterocycles. The molecule has 2 rings (SSSR count). The molecule has 5 N–H and O–H groups in total. The highest BCUT2D eigenvalue weighted by atomic mass is 35.5. The Morgan fingerprint density at radius 1 is 1.31 bits per heavy atom. The smallest absolute Gasteiger partial charge is 0.298 e. The number of nitrogens with one attached hydrogen (secondary N) is 1. The third-order valence-corrected chi connectivity index (χ3v) is 2.48. The van der Waals surface area contributed by atoms with Crippen LogP contribution in [0.2, 0.25) is 5.02 Å². The predicted molar refractivity (Wildman–Crippen MR) is 63.4 cm³/mol. The second kappa shape index (κ2) is 3.86. The largest absolute Gasteiger partial charge is 0.370 e. The third-order valence-electron chi connectivity index (χ3n) is 2.09. The van der Waals surface area contributed by atoms with Crippen LogP contribution in [0.4, 0.5) is 0 Å². The number of nitrogens with two attached hydrogens (primary N) is 2. The van der Waals surface area contributed by atoms with E-state index >= 15 is 0 Å². The standard InChI is InChI=1S/C10H9ClN4O/c11-7-5-3-1-2-4-6(5)14-8(7)9(16)15-10(12)13/h1-4,14H,(H4,12,13,15,16). The molecule has 0 aliphatic rings. The zero-order chi connectivity index (χ0) is 11.7. The summed E-state index contributed by atoms with van der Waals surface area (Å²) in [6.45, 7) is 0. The molecule has 0 saturated carbocycles. The van der Waals surface area contributed by atoms with E-state index in [-0.39, 0.29) is 11.7 Å². The first-order chi connectivity index (χ1) is 7.59. The van der Waals surface area contributed by atoms with Crippen LogP contribution in [0.25, 0.3) is 10.9 Å². The van der Waals surface area contributed by atoms with Crippen LogP contribution in [-0.2, 0) is 0 Å². The van der Waals surface area contributed by atoms with Gasteiger partial charge in [-0.25, -0.2) is 0 Å². The number of guanidine groups is 1. The number of H-pyrrole nitrogens is 1. The number of carbonyl (C=O) groups is 1. The Morgan fingerprint density at radius 2 is 2.00 bits per heavy atom. The molecule has 1 aromatic carbocycles. The Labute approximate surface area is 96.1 Å². The van der Waals surface area contributed by atoms with Crippen molar-refractivity contribution in [3.63, 3.8) is 0 Å². The number of hydrogen-bond acceptors (Lipinski definition) is 1. The van der Waals surface area contributed by atoms with E-state index in [1.165, 1.54) is 0 Å². The first-order valence-corrected chi connectivity index (χ1v) is 4.87. The lowest BCUT2D eigenvalue weighted by molar-refractivity contribution is 0.0999. The molecule has 0 fully saturated rings. The molecule has 2 aromatic rings. The SMILES string of the molecule is NC(N)=NC(=O)c1[nH]c2ccccc2c1Cl. The number of aliphatic imine (C=N–C) groups is 1. The first-order valence-electron chi connectivity index (χ1n) is 4.50. The van der Waals surface area contributed by atoms with Crippen molar-refractivity contribution in [2.45, 2.75) is 0 Å². The van der Waals surface area contributed by atoms with Gasteiger partial charge in [-0.2, -0.15) is 4.99 Å². The van der Waals surface area contributed by atoms with Gasteiger partial charge in [-0.1, -0.05) is 29.8 Å². The minimum Gasteiger partial charge on any atom is -0.370 e. The molecule has 0 radical (unpaired) electrons. The molecule has 82 valence electrons. The zero-order valence-electron chi connectivity index (χ0n) is 8.20. The molecule has 0 bridgehead atoms. The van der Waals surface area contributed by atoms with E-state index in [1.807, 2.05) is 18.2 Å². The van der Waals surface area contributed by atoms with Gasteiger partial charge < -0.3 is 16.5 Å². The van der Waals surface area contributed by atoms with Crippen LogP contribution in [0.1, 0.15) is 10.5 Å². The van der Waals surface area contributed by atoms with E-state index in [4.69, 9.17) is 23.1 Å². The molecular formula is C10H9ClN4O. The lowest BCUT2D eigenvalue weighted by Gasteiger charge is -1.92. The van der Waals surface area contributed by atoms with Crippen molar-refractivity contribution in [1.29, 1.82) is 0 Å². The van der Waals surface area contributed by atoms with Crippen molar-refractivity contribution in [3.8, 4) is 0 Å². The molecular weight excluding hydrogens is 228 g/mol. The van der Waals surface area contributed by atoms with Gasteiger partial charge in [0.1, 0.15) is 5.69 Å². The van der Waals surface area contributed by atoms with Crippen LogP contribution >= 0.6 is 11.6 Å². The molecule has 0 aliphatic carbocycles. The molecule has 6 heteroatoms. The van der Waals surface area contributed by atoms with Gasteiger partial charge in [0.2, 0.25) is 0 Å². The van der Waals surface area contributed by atoms with Gasteiger partial charge >= 0.3 is 0 Å². The number of aromatic amines is 1. The zero-order valence-corrected chi connectivity index (χ0v) is 8.95. The Morgan fingerprint density at radius 3 is 2.62 bits per heavy atom. The van der Waals surface area contributed by atoms with Crippen LogP contribution in [0.5, 0.6) is 0 Å². The van der Waals surface area contributed by atoms with Crippen LogP contribution in [-0.4, -0.2) is 16.9 Å². The van der Waals surface area contributed by atoms with Crippen LogP contribution < -0.4 is 11.5 Å². The van der Waals surface area contributed by atoms with Gasteiger partial charge in [0.25, 0.3) is 5.91 Å². The number of halogens is 1. The summed E-state index contributed by atoms with van der Waals surface area (Å²) >= 11 is 6.03. The maximum atomic E-state index is 11.6. The number of amides is 1. The molecule has 0 aliphatic heterocycles. The second-order valence-electron chi connectivity index (χ2n) is 3.20. The Hall–Kier alpha value is -2.01. The first kappa shape index (κ1) is 10.5. The number of rotatable bonds is 1.